The van der Waals surface area contributed by atoms with Gasteiger partial charge in [-0.3, -0.25) is 10.1 Å². The summed E-state index contributed by atoms with van der Waals surface area (Å²) in [5, 5.41) is 22.3. The Bertz CT molecular complexity index is 1670. The van der Waals surface area contributed by atoms with Gasteiger partial charge in [-0.15, -0.1) is 0 Å². The van der Waals surface area contributed by atoms with E-state index in [9.17, 15) is 14.7 Å². The summed E-state index contributed by atoms with van der Waals surface area (Å²) in [7, 11) is 0. The van der Waals surface area contributed by atoms with Gasteiger partial charge in [0.2, 0.25) is 0 Å². The molecule has 0 aliphatic heterocycles. The van der Waals surface area contributed by atoms with Crippen LogP contribution in [-0.4, -0.2) is 33.2 Å². The molecular weight excluding hydrogens is 472 g/mol. The number of allylic oxidation sites excluding steroid dienone is 2. The van der Waals surface area contributed by atoms with Crippen LogP contribution in [0.15, 0.2) is 78.9 Å². The second-order valence-electron chi connectivity index (χ2n) is 7.97. The molecule has 3 N–H and O–H groups in total. The van der Waals surface area contributed by atoms with Crippen molar-refractivity contribution in [1.82, 2.24) is 9.97 Å². The fraction of sp³-hybridized carbons (Fsp3) is 0.0357. The van der Waals surface area contributed by atoms with Crippen molar-refractivity contribution in [3.8, 4) is 11.3 Å². The lowest BCUT2D eigenvalue weighted by molar-refractivity contribution is 0.0690. The van der Waals surface area contributed by atoms with Crippen molar-refractivity contribution in [3.63, 3.8) is 0 Å². The quantitative estimate of drug-likeness (QED) is 0.234. The van der Waals surface area contributed by atoms with E-state index in [1.165, 1.54) is 11.3 Å². The number of para-hydroxylation sites is 1. The Kier molecular flexibility index (Phi) is 6.10. The highest BCUT2D eigenvalue weighted by Gasteiger charge is 2.17. The van der Waals surface area contributed by atoms with Crippen molar-refractivity contribution in [2.75, 3.05) is 5.32 Å². The summed E-state index contributed by atoms with van der Waals surface area (Å²) in [6.45, 7) is 1.74. The summed E-state index contributed by atoms with van der Waals surface area (Å²) in [5.74, 6) is -1.46. The Labute approximate surface area is 210 Å². The number of benzene rings is 3. The van der Waals surface area contributed by atoms with Gasteiger partial charge in [-0.25, -0.2) is 14.8 Å². The second-order valence-corrected chi connectivity index (χ2v) is 9.00. The number of pyridine rings is 1. The highest BCUT2D eigenvalue weighted by molar-refractivity contribution is 7.22. The molecule has 5 aromatic rings. The van der Waals surface area contributed by atoms with E-state index in [1.54, 1.807) is 31.2 Å². The van der Waals surface area contributed by atoms with Crippen LogP contribution < -0.4 is 5.32 Å². The molecule has 0 aliphatic rings. The molecule has 0 saturated carbocycles. The molecule has 2 aromatic heterocycles. The molecule has 0 bridgehead atoms. The number of nitrogens with zero attached hydrogens (tertiary/aromatic N) is 2. The van der Waals surface area contributed by atoms with Gasteiger partial charge in [0.05, 0.1) is 15.9 Å². The van der Waals surface area contributed by atoms with Crippen LogP contribution in [0.2, 0.25) is 0 Å². The number of hydrogen-bond donors (Lipinski definition) is 3. The van der Waals surface area contributed by atoms with Crippen molar-refractivity contribution in [2.24, 2.45) is 0 Å². The lowest BCUT2D eigenvalue weighted by Gasteiger charge is -2.11. The van der Waals surface area contributed by atoms with Crippen molar-refractivity contribution < 1.29 is 14.7 Å². The molecule has 7 nitrogen and oxygen atoms in total. The third-order valence-corrected chi connectivity index (χ3v) is 6.76. The van der Waals surface area contributed by atoms with E-state index in [2.05, 4.69) is 15.3 Å². The first-order valence-corrected chi connectivity index (χ1v) is 11.9. The van der Waals surface area contributed by atoms with Crippen LogP contribution in [0.3, 0.4) is 0 Å². The van der Waals surface area contributed by atoms with Gasteiger partial charge in [-0.05, 0) is 59.7 Å². The van der Waals surface area contributed by atoms with Gasteiger partial charge < -0.3 is 10.5 Å². The molecule has 0 unspecified atom stereocenters. The molecule has 36 heavy (non-hydrogen) atoms. The number of aromatic carboxylic acids is 1. The SMILES string of the molecule is C/C=C(/C=N)c1ccc(-c2ccc3cccc(C(=O)Nc4nc5ccccc5s4)c3c2)nc1C(=O)O. The number of carbonyl (C=O) groups is 2. The molecule has 0 spiro atoms. The maximum Gasteiger partial charge on any atom is 0.355 e. The average Bonchev–Trinajstić information content (AvgIpc) is 3.31. The third kappa shape index (κ3) is 4.25. The van der Waals surface area contributed by atoms with Gasteiger partial charge in [-0.2, -0.15) is 0 Å². The molecule has 1 amide bonds. The maximum absolute atomic E-state index is 13.2. The minimum atomic E-state index is -1.18. The first-order chi connectivity index (χ1) is 17.5. The fourth-order valence-corrected chi connectivity index (χ4v) is 4.91. The van der Waals surface area contributed by atoms with E-state index >= 15 is 0 Å². The molecule has 8 heteroatoms. The van der Waals surface area contributed by atoms with Crippen LogP contribution in [0.1, 0.15) is 33.3 Å². The van der Waals surface area contributed by atoms with E-state index in [4.69, 9.17) is 5.41 Å². The number of carbonyl (C=O) groups excluding carboxylic acids is 1. The number of hydrogen-bond acceptors (Lipinski definition) is 6. The molecule has 2 heterocycles. The lowest BCUT2D eigenvalue weighted by atomic mass is 9.98. The largest absolute Gasteiger partial charge is 0.476 e. The van der Waals surface area contributed by atoms with Crippen LogP contribution in [-0.2, 0) is 0 Å². The van der Waals surface area contributed by atoms with Crippen molar-refractivity contribution in [2.45, 2.75) is 6.92 Å². The normalized spacial score (nSPS) is 11.5. The topological polar surface area (TPSA) is 116 Å². The number of thiazole rings is 1. The molecular formula is C28H20N4O3S. The first-order valence-electron chi connectivity index (χ1n) is 11.1. The number of aromatic nitrogens is 2. The van der Waals surface area contributed by atoms with Gasteiger partial charge in [0.25, 0.3) is 5.91 Å². The lowest BCUT2D eigenvalue weighted by Crippen LogP contribution is -2.12. The standard InChI is InChI=1S/C28H20N4O3S/c1-2-16(15-29)19-12-13-22(30-25(19)27(34)35)18-11-10-17-6-5-7-20(21(17)14-18)26(33)32-28-31-23-8-3-4-9-24(23)36-28/h2-15,29H,1H3,(H,34,35)(H,31,32,33)/b16-2-,29-15?. The molecule has 5 rings (SSSR count). The van der Waals surface area contributed by atoms with E-state index in [0.29, 0.717) is 38.5 Å². The summed E-state index contributed by atoms with van der Waals surface area (Å²) in [4.78, 5) is 34.0. The van der Waals surface area contributed by atoms with Gasteiger partial charge in [-0.1, -0.05) is 53.8 Å². The molecule has 0 fully saturated rings. The molecule has 0 saturated heterocycles. The number of fused-ring (bicyclic) bond motifs is 2. The summed E-state index contributed by atoms with van der Waals surface area (Å²) in [5.41, 5.74) is 3.15. The molecule has 176 valence electrons. The van der Waals surface area contributed by atoms with E-state index < -0.39 is 5.97 Å². The van der Waals surface area contributed by atoms with Gasteiger partial charge in [0, 0.05) is 22.9 Å². The number of nitrogens with one attached hydrogen (secondary N) is 2. The molecule has 0 atom stereocenters. The van der Waals surface area contributed by atoms with E-state index in [0.717, 1.165) is 21.8 Å². The Balaban J connectivity index is 1.55. The number of amides is 1. The van der Waals surface area contributed by atoms with Crippen LogP contribution in [0.25, 0.3) is 37.8 Å². The number of carboxylic acid groups (broad SMARTS) is 1. The molecule has 0 aliphatic carbocycles. The zero-order valence-electron chi connectivity index (χ0n) is 19.1. The van der Waals surface area contributed by atoms with Crippen molar-refractivity contribution in [1.29, 1.82) is 5.41 Å². The number of anilines is 1. The summed E-state index contributed by atoms with van der Waals surface area (Å²) < 4.78 is 0.987. The predicted octanol–water partition coefficient (Wildman–Crippen LogP) is 6.51. The Morgan fingerprint density at radius 2 is 1.81 bits per heavy atom. The Morgan fingerprint density at radius 1 is 0.972 bits per heavy atom. The number of carboxylic acids is 1. The summed E-state index contributed by atoms with van der Waals surface area (Å²) in [6, 6.07) is 22.1. The maximum atomic E-state index is 13.2. The van der Waals surface area contributed by atoms with E-state index in [1.807, 2.05) is 54.6 Å². The highest BCUT2D eigenvalue weighted by Crippen LogP contribution is 2.30. The third-order valence-electron chi connectivity index (χ3n) is 5.81. The Hall–Kier alpha value is -4.69. The second kappa shape index (κ2) is 9.52. The predicted molar refractivity (Wildman–Crippen MR) is 144 cm³/mol. The summed E-state index contributed by atoms with van der Waals surface area (Å²) in [6.07, 6.45) is 2.78. The monoisotopic (exact) mass is 492 g/mol. The Morgan fingerprint density at radius 3 is 2.56 bits per heavy atom. The zero-order valence-corrected chi connectivity index (χ0v) is 20.0. The minimum Gasteiger partial charge on any atom is -0.476 e. The van der Waals surface area contributed by atoms with Crippen LogP contribution >= 0.6 is 11.3 Å². The van der Waals surface area contributed by atoms with Crippen molar-refractivity contribution >= 4 is 61.1 Å². The molecule has 0 radical (unpaired) electrons. The molecule has 3 aromatic carbocycles. The zero-order chi connectivity index (χ0) is 25.2. The van der Waals surface area contributed by atoms with Gasteiger partial charge in [0.1, 0.15) is 0 Å². The minimum absolute atomic E-state index is 0.133. The first kappa shape index (κ1) is 23.1. The fourth-order valence-electron chi connectivity index (χ4n) is 4.05. The van der Waals surface area contributed by atoms with Crippen LogP contribution in [0.4, 0.5) is 5.13 Å². The van der Waals surface area contributed by atoms with Crippen molar-refractivity contribution in [3.05, 3.63) is 95.7 Å². The average molecular weight is 493 g/mol. The van der Waals surface area contributed by atoms with E-state index in [-0.39, 0.29) is 11.6 Å². The highest BCUT2D eigenvalue weighted by atomic mass is 32.1. The van der Waals surface area contributed by atoms with Gasteiger partial charge in [0.15, 0.2) is 10.8 Å². The summed E-state index contributed by atoms with van der Waals surface area (Å²) >= 11 is 1.41. The smallest absolute Gasteiger partial charge is 0.355 e. The van der Waals surface area contributed by atoms with Crippen LogP contribution in [0, 0.1) is 5.41 Å². The van der Waals surface area contributed by atoms with Gasteiger partial charge >= 0.3 is 5.97 Å². The van der Waals surface area contributed by atoms with Crippen LogP contribution in [0.5, 0.6) is 0 Å². The number of rotatable bonds is 6.